The lowest BCUT2D eigenvalue weighted by molar-refractivity contribution is -0.125. The third kappa shape index (κ3) is 3.19. The molecule has 2 aromatic rings. The molecule has 0 radical (unpaired) electrons. The summed E-state index contributed by atoms with van der Waals surface area (Å²) in [6, 6.07) is 5.29. The van der Waals surface area contributed by atoms with Crippen molar-refractivity contribution in [3.63, 3.8) is 0 Å². The number of hydrogen-bond donors (Lipinski definition) is 1. The van der Waals surface area contributed by atoms with Gasteiger partial charge in [-0.1, -0.05) is 6.07 Å². The molecule has 1 amide bonds. The normalized spacial score (nSPS) is 16.9. The number of carbonyl (C=O) groups is 1. The number of benzene rings is 1. The average molecular weight is 319 g/mol. The third-order valence-corrected chi connectivity index (χ3v) is 3.77. The van der Waals surface area contributed by atoms with Gasteiger partial charge in [-0.25, -0.2) is 8.78 Å². The molecule has 23 heavy (non-hydrogen) atoms. The van der Waals surface area contributed by atoms with Crippen molar-refractivity contribution in [1.82, 2.24) is 10.2 Å². The number of aromatic nitrogens is 2. The molecule has 120 valence electrons. The van der Waals surface area contributed by atoms with E-state index in [4.69, 9.17) is 10.5 Å². The summed E-state index contributed by atoms with van der Waals surface area (Å²) in [7, 11) is 0. The van der Waals surface area contributed by atoms with Crippen LogP contribution in [0.5, 0.6) is 0 Å². The fourth-order valence-electron chi connectivity index (χ4n) is 2.74. The van der Waals surface area contributed by atoms with Gasteiger partial charge in [0.2, 0.25) is 5.91 Å². The first kappa shape index (κ1) is 15.5. The summed E-state index contributed by atoms with van der Waals surface area (Å²) in [5, 5.41) is 8.01. The molecule has 1 aliphatic carbocycles. The van der Waals surface area contributed by atoms with E-state index < -0.39 is 17.5 Å². The molecule has 1 aromatic heterocycles. The van der Waals surface area contributed by atoms with Gasteiger partial charge in [0.15, 0.2) is 0 Å². The Morgan fingerprint density at radius 1 is 1.30 bits per heavy atom. The molecule has 5 nitrogen and oxygen atoms in total. The molecular formula is C16H15F2N3O2. The van der Waals surface area contributed by atoms with Crippen molar-refractivity contribution in [1.29, 1.82) is 0 Å². The summed E-state index contributed by atoms with van der Waals surface area (Å²) in [6.07, 6.45) is 1.85. The van der Waals surface area contributed by atoms with Crippen molar-refractivity contribution in [2.24, 2.45) is 5.73 Å². The van der Waals surface area contributed by atoms with Crippen LogP contribution >= 0.6 is 0 Å². The number of ether oxygens (including phenoxy) is 1. The molecule has 1 aromatic carbocycles. The summed E-state index contributed by atoms with van der Waals surface area (Å²) >= 11 is 0. The molecule has 0 saturated heterocycles. The fraction of sp³-hybridized carbons (Fsp3) is 0.312. The van der Waals surface area contributed by atoms with Gasteiger partial charge >= 0.3 is 0 Å². The van der Waals surface area contributed by atoms with E-state index in [-0.39, 0.29) is 24.0 Å². The van der Waals surface area contributed by atoms with Gasteiger partial charge in [-0.2, -0.15) is 5.10 Å². The number of halogens is 2. The zero-order chi connectivity index (χ0) is 16.4. The smallest absolute Gasteiger partial charge is 0.243 e. The molecule has 0 bridgehead atoms. The molecule has 0 spiro atoms. The van der Waals surface area contributed by atoms with Gasteiger partial charge < -0.3 is 10.5 Å². The van der Waals surface area contributed by atoms with Crippen molar-refractivity contribution >= 4 is 5.91 Å². The zero-order valence-electron chi connectivity index (χ0n) is 12.3. The summed E-state index contributed by atoms with van der Waals surface area (Å²) < 4.78 is 33.2. The molecule has 3 rings (SSSR count). The minimum Gasteiger partial charge on any atom is -0.368 e. The maximum Gasteiger partial charge on any atom is 0.243 e. The van der Waals surface area contributed by atoms with Crippen LogP contribution in [0.2, 0.25) is 0 Å². The van der Waals surface area contributed by atoms with Crippen LogP contribution in [-0.2, 0) is 16.0 Å². The van der Waals surface area contributed by atoms with Crippen LogP contribution in [0.3, 0.4) is 0 Å². The first-order valence-corrected chi connectivity index (χ1v) is 7.27. The predicted molar refractivity (Wildman–Crippen MR) is 78.2 cm³/mol. The molecular weight excluding hydrogens is 304 g/mol. The van der Waals surface area contributed by atoms with Crippen LogP contribution in [0.25, 0.3) is 11.3 Å². The van der Waals surface area contributed by atoms with Gasteiger partial charge in [0.05, 0.1) is 17.0 Å². The van der Waals surface area contributed by atoms with Crippen LogP contribution in [0.1, 0.15) is 30.2 Å². The second kappa shape index (κ2) is 6.37. The molecule has 0 saturated carbocycles. The molecule has 2 N–H and O–H groups in total. The van der Waals surface area contributed by atoms with Crippen LogP contribution in [0, 0.1) is 11.6 Å². The number of nitrogens with zero attached hydrogens (tertiary/aromatic N) is 2. The predicted octanol–water partition coefficient (Wildman–Crippen LogP) is 2.30. The van der Waals surface area contributed by atoms with E-state index in [9.17, 15) is 13.6 Å². The SMILES string of the molecule is NC(=O)COC1CCCc2cc(-c3c(F)cccc3F)nnc21. The number of aryl methyl sites for hydroxylation is 1. The summed E-state index contributed by atoms with van der Waals surface area (Å²) in [6.45, 7) is -0.199. The van der Waals surface area contributed by atoms with E-state index in [0.717, 1.165) is 12.0 Å². The highest BCUT2D eigenvalue weighted by Crippen LogP contribution is 2.33. The van der Waals surface area contributed by atoms with Crippen LogP contribution in [0.4, 0.5) is 8.78 Å². The van der Waals surface area contributed by atoms with Gasteiger partial charge in [-0.05, 0) is 43.0 Å². The standard InChI is InChI=1S/C16H15F2N3O2/c17-10-4-2-5-11(18)15(10)12-7-9-3-1-6-13(16(9)21-20-12)23-8-14(19)22/h2,4-5,7,13H,1,3,6,8H2,(H2,19,22). The average Bonchev–Trinajstić information content (AvgIpc) is 2.52. The number of amides is 1. The highest BCUT2D eigenvalue weighted by atomic mass is 19.1. The van der Waals surface area contributed by atoms with Crippen LogP contribution in [0.15, 0.2) is 24.3 Å². The second-order valence-corrected chi connectivity index (χ2v) is 5.39. The van der Waals surface area contributed by atoms with Gasteiger partial charge in [0.1, 0.15) is 24.3 Å². The van der Waals surface area contributed by atoms with Crippen LogP contribution < -0.4 is 5.73 Å². The fourth-order valence-corrected chi connectivity index (χ4v) is 2.74. The lowest BCUT2D eigenvalue weighted by atomic mass is 9.93. The number of nitrogens with two attached hydrogens (primary N) is 1. The number of fused-ring (bicyclic) bond motifs is 1. The van der Waals surface area contributed by atoms with Gasteiger partial charge in [-0.15, -0.1) is 5.10 Å². The Hall–Kier alpha value is -2.41. The molecule has 0 aliphatic heterocycles. The Bertz CT molecular complexity index is 732. The molecule has 1 heterocycles. The van der Waals surface area contributed by atoms with Gasteiger partial charge in [0, 0.05) is 0 Å². The Labute approximate surface area is 131 Å². The van der Waals surface area contributed by atoms with E-state index in [1.807, 2.05) is 0 Å². The summed E-state index contributed by atoms with van der Waals surface area (Å²) in [4.78, 5) is 10.8. The second-order valence-electron chi connectivity index (χ2n) is 5.39. The maximum atomic E-state index is 13.9. The molecule has 1 aliphatic rings. The van der Waals surface area contributed by atoms with E-state index in [1.54, 1.807) is 6.07 Å². The Morgan fingerprint density at radius 2 is 2.04 bits per heavy atom. The number of rotatable bonds is 4. The monoisotopic (exact) mass is 319 g/mol. The Balaban J connectivity index is 1.95. The van der Waals surface area contributed by atoms with Crippen molar-refractivity contribution < 1.29 is 18.3 Å². The van der Waals surface area contributed by atoms with E-state index >= 15 is 0 Å². The lowest BCUT2D eigenvalue weighted by Gasteiger charge is -2.24. The van der Waals surface area contributed by atoms with Crippen molar-refractivity contribution in [3.8, 4) is 11.3 Å². The quantitative estimate of drug-likeness (QED) is 0.938. The Kier molecular flexibility index (Phi) is 4.29. The van der Waals surface area contributed by atoms with Crippen molar-refractivity contribution in [2.45, 2.75) is 25.4 Å². The molecule has 0 fully saturated rings. The third-order valence-electron chi connectivity index (χ3n) is 3.77. The van der Waals surface area contributed by atoms with E-state index in [0.29, 0.717) is 18.5 Å². The molecule has 1 atom stereocenters. The number of carbonyl (C=O) groups excluding carboxylic acids is 1. The lowest BCUT2D eigenvalue weighted by Crippen LogP contribution is -2.23. The van der Waals surface area contributed by atoms with Gasteiger partial charge in [-0.3, -0.25) is 4.79 Å². The first-order valence-electron chi connectivity index (χ1n) is 7.27. The highest BCUT2D eigenvalue weighted by molar-refractivity contribution is 5.75. The number of hydrogen-bond acceptors (Lipinski definition) is 4. The summed E-state index contributed by atoms with van der Waals surface area (Å²) in [5.41, 5.74) is 6.45. The van der Waals surface area contributed by atoms with E-state index in [1.165, 1.54) is 18.2 Å². The molecule has 1 unspecified atom stereocenters. The zero-order valence-corrected chi connectivity index (χ0v) is 12.3. The van der Waals surface area contributed by atoms with Crippen molar-refractivity contribution in [3.05, 3.63) is 47.2 Å². The maximum absolute atomic E-state index is 13.9. The van der Waals surface area contributed by atoms with Crippen LogP contribution in [-0.4, -0.2) is 22.7 Å². The number of primary amides is 1. The summed E-state index contributed by atoms with van der Waals surface area (Å²) in [5.74, 6) is -1.93. The minimum absolute atomic E-state index is 0.148. The topological polar surface area (TPSA) is 78.1 Å². The molecule has 7 heteroatoms. The largest absolute Gasteiger partial charge is 0.368 e. The highest BCUT2D eigenvalue weighted by Gasteiger charge is 2.25. The van der Waals surface area contributed by atoms with E-state index in [2.05, 4.69) is 10.2 Å². The van der Waals surface area contributed by atoms with Crippen molar-refractivity contribution in [2.75, 3.05) is 6.61 Å². The minimum atomic E-state index is -0.684. The Morgan fingerprint density at radius 3 is 2.74 bits per heavy atom. The first-order chi connectivity index (χ1) is 11.1. The van der Waals surface area contributed by atoms with Gasteiger partial charge in [0.25, 0.3) is 0 Å².